The topological polar surface area (TPSA) is 65.0 Å². The second-order valence-electron chi connectivity index (χ2n) is 17.3. The number of rotatable bonds is 5. The molecule has 0 N–H and O–H groups in total. The average Bonchev–Trinajstić information content (AvgIpc) is 3.84. The predicted octanol–water partition coefficient (Wildman–Crippen LogP) is 14.0. The van der Waals surface area contributed by atoms with Crippen LogP contribution in [0.2, 0.25) is 0 Å². The van der Waals surface area contributed by atoms with Crippen LogP contribution in [-0.4, -0.2) is 15.0 Å². The Morgan fingerprint density at radius 3 is 1.41 bits per heavy atom. The lowest BCUT2D eigenvalue weighted by atomic mass is 9.47. The lowest BCUT2D eigenvalue weighted by Crippen LogP contribution is -2.48. The Morgan fingerprint density at radius 1 is 0.379 bits per heavy atom. The van der Waals surface area contributed by atoms with Crippen LogP contribution in [0.25, 0.3) is 99.9 Å². The van der Waals surface area contributed by atoms with Crippen LogP contribution in [0.4, 0.5) is 0 Å². The van der Waals surface area contributed by atoms with Gasteiger partial charge < -0.3 is 8.83 Å². The van der Waals surface area contributed by atoms with Crippen molar-refractivity contribution in [3.63, 3.8) is 0 Å². The Balaban J connectivity index is 0.952. The second kappa shape index (κ2) is 12.2. The first-order valence-corrected chi connectivity index (χ1v) is 20.8. The zero-order valence-corrected chi connectivity index (χ0v) is 32.0. The highest BCUT2D eigenvalue weighted by molar-refractivity contribution is 6.10. The van der Waals surface area contributed by atoms with Crippen molar-refractivity contribution in [2.45, 2.75) is 43.9 Å². The van der Waals surface area contributed by atoms with Gasteiger partial charge in [0.15, 0.2) is 17.5 Å². The van der Waals surface area contributed by atoms with Crippen molar-refractivity contribution in [2.24, 2.45) is 17.8 Å². The fourth-order valence-electron chi connectivity index (χ4n) is 11.8. The Labute approximate surface area is 335 Å². The van der Waals surface area contributed by atoms with E-state index in [0.717, 1.165) is 78.3 Å². The van der Waals surface area contributed by atoms with E-state index in [1.54, 1.807) is 5.56 Å². The first-order chi connectivity index (χ1) is 28.6. The van der Waals surface area contributed by atoms with E-state index in [2.05, 4.69) is 97.1 Å². The molecule has 5 heteroatoms. The van der Waals surface area contributed by atoms with Crippen molar-refractivity contribution < 1.29 is 8.83 Å². The van der Waals surface area contributed by atoms with Crippen LogP contribution in [0.15, 0.2) is 154 Å². The summed E-state index contributed by atoms with van der Waals surface area (Å²) in [7, 11) is 0. The minimum atomic E-state index is 0.338. The van der Waals surface area contributed by atoms with E-state index in [0.29, 0.717) is 22.9 Å². The molecule has 0 unspecified atom stereocenters. The van der Waals surface area contributed by atoms with Crippen LogP contribution in [-0.2, 0) is 5.41 Å². The molecule has 0 saturated heterocycles. The maximum absolute atomic E-state index is 6.50. The van der Waals surface area contributed by atoms with Crippen molar-refractivity contribution >= 4 is 54.6 Å². The summed E-state index contributed by atoms with van der Waals surface area (Å²) in [5, 5.41) is 6.96. The maximum Gasteiger partial charge on any atom is 0.167 e. The van der Waals surface area contributed by atoms with Gasteiger partial charge in [0.2, 0.25) is 0 Å². The highest BCUT2D eigenvalue weighted by Crippen LogP contribution is 2.61. The zero-order chi connectivity index (χ0) is 38.0. The average molecular weight is 750 g/mol. The molecule has 58 heavy (non-hydrogen) atoms. The van der Waals surface area contributed by atoms with E-state index in [-0.39, 0.29) is 0 Å². The summed E-state index contributed by atoms with van der Waals surface area (Å²) < 4.78 is 13.0. The summed E-state index contributed by atoms with van der Waals surface area (Å²) in [6, 6.07) is 51.4. The van der Waals surface area contributed by atoms with Gasteiger partial charge in [-0.25, -0.2) is 15.0 Å². The van der Waals surface area contributed by atoms with Crippen molar-refractivity contribution in [1.29, 1.82) is 0 Å². The van der Waals surface area contributed by atoms with Gasteiger partial charge in [-0.05, 0) is 113 Å². The van der Waals surface area contributed by atoms with E-state index in [9.17, 15) is 0 Å². The van der Waals surface area contributed by atoms with Gasteiger partial charge in [0.25, 0.3) is 0 Å². The van der Waals surface area contributed by atoms with Crippen LogP contribution < -0.4 is 0 Å². The summed E-state index contributed by atoms with van der Waals surface area (Å²) in [6.45, 7) is 0. The normalized spacial score (nSPS) is 21.3. The van der Waals surface area contributed by atoms with Gasteiger partial charge in [0, 0.05) is 27.1 Å². The molecule has 4 bridgehead atoms. The molecule has 0 atom stereocenters. The molecule has 4 saturated carbocycles. The van der Waals surface area contributed by atoms with Crippen LogP contribution in [0, 0.1) is 17.8 Å². The van der Waals surface area contributed by atoms with Gasteiger partial charge in [0.05, 0.1) is 11.1 Å². The summed E-state index contributed by atoms with van der Waals surface area (Å²) in [6.07, 6.45) is 8.46. The standard InChI is InChI=1S/C53H39N3O2/c1-2-10-38-37(9-1)36(23-24-45(38)53-28-31-25-32(29-53)27-33(26-31)30-53)34-19-21-35(22-20-34)50-54-51(43-15-7-13-41-39-11-3-5-17-46(39)57-48(41)43)56-52(55-50)44-16-8-14-42-40-12-4-6-18-47(40)58-49(42)44/h1-24,31-33H,25-30H2. The molecule has 0 amide bonds. The number of para-hydroxylation sites is 4. The monoisotopic (exact) mass is 749 g/mol. The third-order valence-electron chi connectivity index (χ3n) is 13.9. The van der Waals surface area contributed by atoms with Gasteiger partial charge in [-0.3, -0.25) is 0 Å². The van der Waals surface area contributed by atoms with Crippen LogP contribution in [0.3, 0.4) is 0 Å². The molecule has 5 nitrogen and oxygen atoms in total. The molecule has 4 fully saturated rings. The van der Waals surface area contributed by atoms with Gasteiger partial charge >= 0.3 is 0 Å². The maximum atomic E-state index is 6.50. The van der Waals surface area contributed by atoms with E-state index in [4.69, 9.17) is 23.8 Å². The molecular formula is C53H39N3O2. The van der Waals surface area contributed by atoms with E-state index in [1.807, 2.05) is 48.5 Å². The molecule has 10 aromatic rings. The highest BCUT2D eigenvalue weighted by Gasteiger charge is 2.52. The van der Waals surface area contributed by atoms with Gasteiger partial charge in [0.1, 0.15) is 22.3 Å². The highest BCUT2D eigenvalue weighted by atomic mass is 16.3. The van der Waals surface area contributed by atoms with Crippen LogP contribution in [0.1, 0.15) is 44.1 Å². The third kappa shape index (κ3) is 4.86. The quantitative estimate of drug-likeness (QED) is 0.175. The summed E-state index contributed by atoms with van der Waals surface area (Å²) in [5.41, 5.74) is 10.1. The smallest absolute Gasteiger partial charge is 0.167 e. The fraction of sp³-hybridized carbons (Fsp3) is 0.189. The van der Waals surface area contributed by atoms with Crippen molar-refractivity contribution in [1.82, 2.24) is 15.0 Å². The summed E-state index contributed by atoms with van der Waals surface area (Å²) >= 11 is 0. The minimum absolute atomic E-state index is 0.338. The minimum Gasteiger partial charge on any atom is -0.455 e. The number of fused-ring (bicyclic) bond motifs is 7. The second-order valence-corrected chi connectivity index (χ2v) is 17.3. The van der Waals surface area contributed by atoms with Crippen molar-refractivity contribution in [2.75, 3.05) is 0 Å². The summed E-state index contributed by atoms with van der Waals surface area (Å²) in [4.78, 5) is 15.5. The Hall–Kier alpha value is -6.59. The predicted molar refractivity (Wildman–Crippen MR) is 233 cm³/mol. The lowest BCUT2D eigenvalue weighted by molar-refractivity contribution is -0.00449. The van der Waals surface area contributed by atoms with Crippen molar-refractivity contribution in [3.05, 3.63) is 151 Å². The number of aromatic nitrogens is 3. The van der Waals surface area contributed by atoms with Gasteiger partial charge in [-0.2, -0.15) is 0 Å². The largest absolute Gasteiger partial charge is 0.455 e. The Morgan fingerprint density at radius 2 is 0.845 bits per heavy atom. The first kappa shape index (κ1) is 32.5. The van der Waals surface area contributed by atoms with E-state index in [1.165, 1.54) is 60.4 Å². The molecule has 7 aromatic carbocycles. The van der Waals surface area contributed by atoms with Crippen LogP contribution >= 0.6 is 0 Å². The molecule has 0 spiro atoms. The SMILES string of the molecule is c1ccc2c(c1)oc1c(-c3nc(-c4ccc(-c5ccc(C67CC8CC(CC(C8)C6)C7)c6ccccc56)cc4)nc(-c4cccc5c4oc4ccccc45)n3)cccc12. The molecule has 278 valence electrons. The van der Waals surface area contributed by atoms with Crippen molar-refractivity contribution in [3.8, 4) is 45.3 Å². The molecule has 0 radical (unpaired) electrons. The third-order valence-corrected chi connectivity index (χ3v) is 13.9. The number of benzene rings is 7. The number of furan rings is 2. The number of hydrogen-bond donors (Lipinski definition) is 0. The van der Waals surface area contributed by atoms with Gasteiger partial charge in [-0.1, -0.05) is 121 Å². The molecule has 3 aromatic heterocycles. The lowest BCUT2D eigenvalue weighted by Gasteiger charge is -2.57. The first-order valence-electron chi connectivity index (χ1n) is 20.8. The molecule has 14 rings (SSSR count). The molecule has 0 aliphatic heterocycles. The van der Waals surface area contributed by atoms with E-state index < -0.39 is 0 Å². The summed E-state index contributed by atoms with van der Waals surface area (Å²) in [5.74, 6) is 4.42. The Bertz CT molecular complexity index is 3110. The molecule has 3 heterocycles. The molecule has 4 aliphatic rings. The number of nitrogens with zero attached hydrogens (tertiary/aromatic N) is 3. The molecule has 4 aliphatic carbocycles. The van der Waals surface area contributed by atoms with Gasteiger partial charge in [-0.15, -0.1) is 0 Å². The zero-order valence-electron chi connectivity index (χ0n) is 32.0. The Kier molecular flexibility index (Phi) is 6.84. The fourth-order valence-corrected chi connectivity index (χ4v) is 11.8. The molecular weight excluding hydrogens is 711 g/mol. The number of hydrogen-bond acceptors (Lipinski definition) is 5. The van der Waals surface area contributed by atoms with Crippen LogP contribution in [0.5, 0.6) is 0 Å². The van der Waals surface area contributed by atoms with E-state index >= 15 is 0 Å².